The molecule has 2 atom stereocenters. The maximum absolute atomic E-state index is 9.77. The van der Waals surface area contributed by atoms with Crippen LogP contribution in [0.2, 0.25) is 0 Å². The van der Waals surface area contributed by atoms with Gasteiger partial charge in [-0.3, -0.25) is 0 Å². The molecule has 0 heterocycles. The molecule has 0 bridgehead atoms. The summed E-state index contributed by atoms with van der Waals surface area (Å²) in [4.78, 5) is 19.5. The summed E-state index contributed by atoms with van der Waals surface area (Å²) in [7, 11) is 0. The minimum atomic E-state index is -2.27. The van der Waals surface area contributed by atoms with E-state index in [0.717, 1.165) is 13.2 Å². The summed E-state index contributed by atoms with van der Waals surface area (Å²) in [6, 6.07) is 0. The summed E-state index contributed by atoms with van der Waals surface area (Å²) in [6.07, 6.45) is -4.53. The number of aliphatic hydroxyl groups is 2. The van der Waals surface area contributed by atoms with E-state index in [1.807, 2.05) is 13.8 Å². The van der Waals surface area contributed by atoms with E-state index in [4.69, 9.17) is 25.2 Å². The Morgan fingerprint density at radius 2 is 1.27 bits per heavy atom. The van der Waals surface area contributed by atoms with Gasteiger partial charge in [0.1, 0.15) is 0 Å². The SMILES string of the molecule is CCOCC.O=C(O)C(O)C(O)C(=O)O. The van der Waals surface area contributed by atoms with Gasteiger partial charge in [0.05, 0.1) is 0 Å². The van der Waals surface area contributed by atoms with E-state index in [0.29, 0.717) is 0 Å². The zero-order chi connectivity index (χ0) is 12.4. The van der Waals surface area contributed by atoms with Gasteiger partial charge in [-0.2, -0.15) is 0 Å². The van der Waals surface area contributed by atoms with Crippen molar-refractivity contribution in [2.75, 3.05) is 13.2 Å². The molecule has 0 spiro atoms. The lowest BCUT2D eigenvalue weighted by molar-refractivity contribution is -0.165. The maximum atomic E-state index is 9.77. The molecule has 0 fully saturated rings. The van der Waals surface area contributed by atoms with Gasteiger partial charge in [-0.25, -0.2) is 9.59 Å². The van der Waals surface area contributed by atoms with Crippen molar-refractivity contribution in [3.63, 3.8) is 0 Å². The molecule has 0 aliphatic heterocycles. The number of carboxylic acid groups (broad SMARTS) is 2. The molecule has 15 heavy (non-hydrogen) atoms. The van der Waals surface area contributed by atoms with Gasteiger partial charge in [0.15, 0.2) is 12.2 Å². The molecule has 90 valence electrons. The summed E-state index contributed by atoms with van der Waals surface area (Å²) in [5.41, 5.74) is 0. The van der Waals surface area contributed by atoms with Crippen LogP contribution in [-0.2, 0) is 14.3 Å². The van der Waals surface area contributed by atoms with Crippen molar-refractivity contribution in [2.45, 2.75) is 26.1 Å². The van der Waals surface area contributed by atoms with Gasteiger partial charge >= 0.3 is 11.9 Å². The van der Waals surface area contributed by atoms with E-state index in [1.165, 1.54) is 0 Å². The molecule has 0 aliphatic rings. The van der Waals surface area contributed by atoms with Gasteiger partial charge in [0.2, 0.25) is 0 Å². The van der Waals surface area contributed by atoms with Crippen LogP contribution in [0.1, 0.15) is 13.8 Å². The first-order valence-electron chi connectivity index (χ1n) is 4.27. The number of hydrogen-bond acceptors (Lipinski definition) is 5. The standard InChI is InChI=1S/C4H6O6.C4H10O/c5-1(3(7)8)2(6)4(9)10;1-3-5-4-2/h1-2,5-6H,(H,7,8)(H,9,10);3-4H2,1-2H3. The Hall–Kier alpha value is -1.18. The predicted octanol–water partition coefficient (Wildman–Crippen LogP) is -1.08. The molecule has 7 heteroatoms. The first-order valence-corrected chi connectivity index (χ1v) is 4.27. The zero-order valence-corrected chi connectivity index (χ0v) is 8.58. The second-order valence-electron chi connectivity index (χ2n) is 2.35. The Morgan fingerprint density at radius 1 is 1.00 bits per heavy atom. The first kappa shape index (κ1) is 16.3. The highest BCUT2D eigenvalue weighted by atomic mass is 16.5. The van der Waals surface area contributed by atoms with Crippen LogP contribution in [0.3, 0.4) is 0 Å². The van der Waals surface area contributed by atoms with Crippen molar-refractivity contribution < 1.29 is 34.8 Å². The van der Waals surface area contributed by atoms with Crippen molar-refractivity contribution in [3.05, 3.63) is 0 Å². The average molecular weight is 224 g/mol. The van der Waals surface area contributed by atoms with E-state index < -0.39 is 24.1 Å². The minimum Gasteiger partial charge on any atom is -0.479 e. The Labute approximate surface area is 86.9 Å². The molecule has 0 aromatic carbocycles. The topological polar surface area (TPSA) is 124 Å². The number of carbonyl (C=O) groups is 2. The van der Waals surface area contributed by atoms with Crippen LogP contribution in [0.15, 0.2) is 0 Å². The Balaban J connectivity index is 0. The lowest BCUT2D eigenvalue weighted by atomic mass is 10.2. The maximum Gasteiger partial charge on any atom is 0.335 e. The third kappa shape index (κ3) is 9.13. The average Bonchev–Trinajstić information content (AvgIpc) is 2.17. The summed E-state index contributed by atoms with van der Waals surface area (Å²) >= 11 is 0. The van der Waals surface area contributed by atoms with Crippen molar-refractivity contribution >= 4 is 11.9 Å². The zero-order valence-electron chi connectivity index (χ0n) is 8.58. The third-order valence-electron chi connectivity index (χ3n) is 1.21. The summed E-state index contributed by atoms with van der Waals surface area (Å²) in [6.45, 7) is 5.67. The predicted molar refractivity (Wildman–Crippen MR) is 49.5 cm³/mol. The Kier molecular flexibility index (Phi) is 10.2. The van der Waals surface area contributed by atoms with E-state index in [-0.39, 0.29) is 0 Å². The Morgan fingerprint density at radius 3 is 1.33 bits per heavy atom. The fourth-order valence-corrected chi connectivity index (χ4v) is 0.474. The minimum absolute atomic E-state index is 0.844. The highest BCUT2D eigenvalue weighted by Crippen LogP contribution is 1.92. The van der Waals surface area contributed by atoms with Crippen LogP contribution < -0.4 is 0 Å². The van der Waals surface area contributed by atoms with Gasteiger partial charge in [-0.05, 0) is 13.8 Å². The van der Waals surface area contributed by atoms with Gasteiger partial charge < -0.3 is 25.2 Å². The van der Waals surface area contributed by atoms with Crippen LogP contribution in [-0.4, -0.2) is 57.8 Å². The van der Waals surface area contributed by atoms with Gasteiger partial charge in [0.25, 0.3) is 0 Å². The molecule has 0 rings (SSSR count). The van der Waals surface area contributed by atoms with Crippen LogP contribution in [0.4, 0.5) is 0 Å². The van der Waals surface area contributed by atoms with E-state index >= 15 is 0 Å². The molecule has 0 amide bonds. The highest BCUT2D eigenvalue weighted by Gasteiger charge is 2.29. The lowest BCUT2D eigenvalue weighted by Crippen LogP contribution is -2.39. The van der Waals surface area contributed by atoms with Crippen LogP contribution >= 0.6 is 0 Å². The molecule has 0 aliphatic carbocycles. The molecule has 7 nitrogen and oxygen atoms in total. The third-order valence-corrected chi connectivity index (χ3v) is 1.21. The van der Waals surface area contributed by atoms with Gasteiger partial charge in [-0.15, -0.1) is 0 Å². The second-order valence-corrected chi connectivity index (χ2v) is 2.35. The lowest BCUT2D eigenvalue weighted by Gasteiger charge is -2.07. The van der Waals surface area contributed by atoms with Crippen LogP contribution in [0, 0.1) is 0 Å². The molecule has 0 saturated heterocycles. The monoisotopic (exact) mass is 224 g/mol. The second kappa shape index (κ2) is 9.38. The number of aliphatic hydroxyl groups excluding tert-OH is 2. The number of ether oxygens (including phenoxy) is 1. The van der Waals surface area contributed by atoms with Crippen molar-refractivity contribution in [1.29, 1.82) is 0 Å². The molecule has 0 saturated carbocycles. The fraction of sp³-hybridized carbons (Fsp3) is 0.750. The molecule has 0 radical (unpaired) electrons. The van der Waals surface area contributed by atoms with Gasteiger partial charge in [0, 0.05) is 13.2 Å². The molecule has 4 N–H and O–H groups in total. The number of carboxylic acids is 2. The number of aliphatic carboxylic acids is 2. The van der Waals surface area contributed by atoms with Gasteiger partial charge in [-0.1, -0.05) is 0 Å². The number of hydrogen-bond donors (Lipinski definition) is 4. The Bertz CT molecular complexity index is 171. The highest BCUT2D eigenvalue weighted by molar-refractivity contribution is 5.82. The van der Waals surface area contributed by atoms with E-state index in [9.17, 15) is 9.59 Å². The molecule has 0 aromatic rings. The smallest absolute Gasteiger partial charge is 0.335 e. The quantitative estimate of drug-likeness (QED) is 0.468. The van der Waals surface area contributed by atoms with E-state index in [2.05, 4.69) is 0 Å². The van der Waals surface area contributed by atoms with Crippen molar-refractivity contribution in [3.8, 4) is 0 Å². The van der Waals surface area contributed by atoms with Crippen molar-refractivity contribution in [2.24, 2.45) is 0 Å². The summed E-state index contributed by atoms with van der Waals surface area (Å²) in [5, 5.41) is 32.5. The molecule has 2 unspecified atom stereocenters. The summed E-state index contributed by atoms with van der Waals surface area (Å²) in [5.74, 6) is -3.54. The number of rotatable bonds is 5. The summed E-state index contributed by atoms with van der Waals surface area (Å²) < 4.78 is 4.83. The normalized spacial score (nSPS) is 13.3. The van der Waals surface area contributed by atoms with Crippen LogP contribution in [0.5, 0.6) is 0 Å². The molecular formula is C8H16O7. The first-order chi connectivity index (χ1) is 6.88. The largest absolute Gasteiger partial charge is 0.479 e. The van der Waals surface area contributed by atoms with Crippen LogP contribution in [0.25, 0.3) is 0 Å². The van der Waals surface area contributed by atoms with E-state index in [1.54, 1.807) is 0 Å². The molecule has 0 aromatic heterocycles. The van der Waals surface area contributed by atoms with Crippen molar-refractivity contribution in [1.82, 2.24) is 0 Å². The molecular weight excluding hydrogens is 208 g/mol. The fourth-order valence-electron chi connectivity index (χ4n) is 0.474.